The first-order chi connectivity index (χ1) is 15.6. The van der Waals surface area contributed by atoms with E-state index in [1.54, 1.807) is 63.5 Å². The molecule has 0 amide bonds. The standard InChI is InChI=1S/C25H29FN2O4S/c1-4-33(30,31)28(18-19-7-6-14-27-17-19)22-8-5-9-23(16-22)32-24-11-10-21(26)15-20(24)12-13-25(2,3)29/h5-11,14-17,29H,4,12-13,18H2,1-3H3. The SMILES string of the molecule is CCS(=O)(=O)N(Cc1cccnc1)c1cccc(Oc2ccc(F)cc2CCC(C)(C)O)c1. The fourth-order valence-electron chi connectivity index (χ4n) is 3.28. The van der Waals surface area contributed by atoms with Gasteiger partial charge in [-0.3, -0.25) is 9.29 Å². The normalized spacial score (nSPS) is 11.9. The number of hydrogen-bond donors (Lipinski definition) is 1. The van der Waals surface area contributed by atoms with E-state index in [2.05, 4.69) is 4.98 Å². The van der Waals surface area contributed by atoms with E-state index in [-0.39, 0.29) is 12.3 Å². The number of halogens is 1. The quantitative estimate of drug-likeness (QED) is 0.446. The third-order valence-corrected chi connectivity index (χ3v) is 6.85. The number of ether oxygens (including phenoxy) is 1. The van der Waals surface area contributed by atoms with E-state index < -0.39 is 21.4 Å². The van der Waals surface area contributed by atoms with E-state index in [1.807, 2.05) is 6.07 Å². The van der Waals surface area contributed by atoms with Gasteiger partial charge >= 0.3 is 0 Å². The second-order valence-corrected chi connectivity index (χ2v) is 10.6. The molecule has 3 rings (SSSR count). The van der Waals surface area contributed by atoms with Gasteiger partial charge in [0.15, 0.2) is 0 Å². The second kappa shape index (κ2) is 10.3. The number of anilines is 1. The van der Waals surface area contributed by atoms with E-state index >= 15 is 0 Å². The maximum Gasteiger partial charge on any atom is 0.235 e. The van der Waals surface area contributed by atoms with Crippen molar-refractivity contribution in [2.75, 3.05) is 10.1 Å². The minimum absolute atomic E-state index is 0.0581. The van der Waals surface area contributed by atoms with Gasteiger partial charge in [0.2, 0.25) is 10.0 Å². The minimum atomic E-state index is -3.57. The van der Waals surface area contributed by atoms with Crippen LogP contribution in [0.4, 0.5) is 10.1 Å². The Morgan fingerprint density at radius 1 is 1.12 bits per heavy atom. The molecule has 0 aliphatic heterocycles. The summed E-state index contributed by atoms with van der Waals surface area (Å²) < 4.78 is 46.9. The van der Waals surface area contributed by atoms with Crippen molar-refractivity contribution in [3.8, 4) is 11.5 Å². The predicted octanol–water partition coefficient (Wildman–Crippen LogP) is 5.07. The molecule has 33 heavy (non-hydrogen) atoms. The number of pyridine rings is 1. The van der Waals surface area contributed by atoms with Crippen LogP contribution in [0, 0.1) is 5.82 Å². The molecule has 0 saturated heterocycles. The average molecular weight is 473 g/mol. The molecular formula is C25H29FN2O4S. The first kappa shape index (κ1) is 24.7. The van der Waals surface area contributed by atoms with E-state index in [9.17, 15) is 17.9 Å². The molecule has 1 aromatic heterocycles. The Morgan fingerprint density at radius 3 is 2.58 bits per heavy atom. The number of aromatic nitrogens is 1. The van der Waals surface area contributed by atoms with Crippen LogP contribution in [-0.4, -0.2) is 29.9 Å². The molecule has 0 bridgehead atoms. The largest absolute Gasteiger partial charge is 0.457 e. The van der Waals surface area contributed by atoms with Crippen LogP contribution in [0.3, 0.4) is 0 Å². The number of hydrogen-bond acceptors (Lipinski definition) is 5. The van der Waals surface area contributed by atoms with Crippen LogP contribution < -0.4 is 9.04 Å². The molecule has 0 aliphatic rings. The molecule has 2 aromatic carbocycles. The smallest absolute Gasteiger partial charge is 0.235 e. The topological polar surface area (TPSA) is 79.7 Å². The molecule has 0 aliphatic carbocycles. The Balaban J connectivity index is 1.91. The van der Waals surface area contributed by atoms with E-state index in [4.69, 9.17) is 4.74 Å². The maximum absolute atomic E-state index is 13.9. The van der Waals surface area contributed by atoms with Gasteiger partial charge in [0.05, 0.1) is 23.6 Å². The molecule has 8 heteroatoms. The summed E-state index contributed by atoms with van der Waals surface area (Å²) in [4.78, 5) is 4.07. The van der Waals surface area contributed by atoms with Crippen molar-refractivity contribution in [1.82, 2.24) is 4.98 Å². The lowest BCUT2D eigenvalue weighted by atomic mass is 9.98. The molecule has 0 spiro atoms. The summed E-state index contributed by atoms with van der Waals surface area (Å²) in [7, 11) is -3.57. The number of aliphatic hydroxyl groups is 1. The Bertz CT molecular complexity index is 1180. The summed E-state index contributed by atoms with van der Waals surface area (Å²) in [5.74, 6) is 0.428. The molecule has 3 aromatic rings. The molecule has 1 heterocycles. The molecule has 0 radical (unpaired) electrons. The van der Waals surface area contributed by atoms with Gasteiger partial charge in [-0.05, 0) is 81.1 Å². The summed E-state index contributed by atoms with van der Waals surface area (Å²) in [6, 6.07) is 14.6. The molecule has 0 unspecified atom stereocenters. The lowest BCUT2D eigenvalue weighted by Crippen LogP contribution is -2.31. The highest BCUT2D eigenvalue weighted by molar-refractivity contribution is 7.92. The number of sulfonamides is 1. The fourth-order valence-corrected chi connectivity index (χ4v) is 4.37. The third kappa shape index (κ3) is 7.00. The van der Waals surface area contributed by atoms with E-state index in [1.165, 1.54) is 22.5 Å². The van der Waals surface area contributed by atoms with Gasteiger partial charge in [0, 0.05) is 18.5 Å². The zero-order chi connectivity index (χ0) is 24.1. The van der Waals surface area contributed by atoms with Crippen LogP contribution in [0.25, 0.3) is 0 Å². The monoisotopic (exact) mass is 472 g/mol. The molecule has 1 N–H and O–H groups in total. The number of rotatable bonds is 10. The van der Waals surface area contributed by atoms with E-state index in [0.717, 1.165) is 5.56 Å². The van der Waals surface area contributed by atoms with Crippen molar-refractivity contribution in [1.29, 1.82) is 0 Å². The average Bonchev–Trinajstić information content (AvgIpc) is 2.78. The Labute approximate surface area is 194 Å². The van der Waals surface area contributed by atoms with Gasteiger partial charge in [-0.1, -0.05) is 12.1 Å². The maximum atomic E-state index is 13.9. The van der Waals surface area contributed by atoms with Crippen molar-refractivity contribution in [3.05, 3.63) is 83.9 Å². The van der Waals surface area contributed by atoms with Crippen LogP contribution in [0.2, 0.25) is 0 Å². The van der Waals surface area contributed by atoms with Crippen LogP contribution in [0.5, 0.6) is 11.5 Å². The lowest BCUT2D eigenvalue weighted by molar-refractivity contribution is 0.0712. The number of benzene rings is 2. The second-order valence-electron chi connectivity index (χ2n) is 8.43. The molecule has 0 saturated carbocycles. The van der Waals surface area contributed by atoms with Crippen molar-refractivity contribution in [3.63, 3.8) is 0 Å². The highest BCUT2D eigenvalue weighted by atomic mass is 32.2. The molecule has 176 valence electrons. The fraction of sp³-hybridized carbons (Fsp3) is 0.320. The molecule has 0 atom stereocenters. The Hall–Kier alpha value is -2.97. The van der Waals surface area contributed by atoms with Gasteiger partial charge in [-0.25, -0.2) is 12.8 Å². The highest BCUT2D eigenvalue weighted by Crippen LogP contribution is 2.32. The van der Waals surface area contributed by atoms with Crippen molar-refractivity contribution < 1.29 is 22.7 Å². The lowest BCUT2D eigenvalue weighted by Gasteiger charge is -2.24. The molecule has 6 nitrogen and oxygen atoms in total. The Morgan fingerprint density at radius 2 is 1.91 bits per heavy atom. The van der Waals surface area contributed by atoms with Gasteiger partial charge in [0.1, 0.15) is 17.3 Å². The summed E-state index contributed by atoms with van der Waals surface area (Å²) in [6.45, 7) is 5.13. The van der Waals surface area contributed by atoms with Gasteiger partial charge in [-0.15, -0.1) is 0 Å². The highest BCUT2D eigenvalue weighted by Gasteiger charge is 2.22. The van der Waals surface area contributed by atoms with Crippen LogP contribution >= 0.6 is 0 Å². The van der Waals surface area contributed by atoms with Gasteiger partial charge < -0.3 is 9.84 Å². The van der Waals surface area contributed by atoms with Gasteiger partial charge in [-0.2, -0.15) is 0 Å². The van der Waals surface area contributed by atoms with E-state index in [0.29, 0.717) is 35.6 Å². The van der Waals surface area contributed by atoms with Crippen molar-refractivity contribution in [2.45, 2.75) is 45.8 Å². The number of nitrogens with zero attached hydrogens (tertiary/aromatic N) is 2. The molecule has 0 fully saturated rings. The van der Waals surface area contributed by atoms with Gasteiger partial charge in [0.25, 0.3) is 0 Å². The third-order valence-electron chi connectivity index (χ3n) is 5.11. The minimum Gasteiger partial charge on any atom is -0.457 e. The van der Waals surface area contributed by atoms with Crippen LogP contribution in [-0.2, 0) is 23.0 Å². The zero-order valence-corrected chi connectivity index (χ0v) is 19.8. The summed E-state index contributed by atoms with van der Waals surface area (Å²) in [5.41, 5.74) is 0.938. The van der Waals surface area contributed by atoms with Crippen molar-refractivity contribution in [2.24, 2.45) is 0 Å². The Kier molecular flexibility index (Phi) is 7.71. The van der Waals surface area contributed by atoms with Crippen molar-refractivity contribution >= 4 is 15.7 Å². The first-order valence-electron chi connectivity index (χ1n) is 10.8. The van der Waals surface area contributed by atoms with Crippen LogP contribution in [0.1, 0.15) is 38.3 Å². The zero-order valence-electron chi connectivity index (χ0n) is 19.0. The first-order valence-corrected chi connectivity index (χ1v) is 12.4. The van der Waals surface area contributed by atoms with Crippen LogP contribution in [0.15, 0.2) is 67.0 Å². The summed E-state index contributed by atoms with van der Waals surface area (Å²) in [6.07, 6.45) is 4.12. The summed E-state index contributed by atoms with van der Waals surface area (Å²) in [5, 5.41) is 10.0. The summed E-state index contributed by atoms with van der Waals surface area (Å²) >= 11 is 0. The predicted molar refractivity (Wildman–Crippen MR) is 127 cm³/mol. The molecular weight excluding hydrogens is 443 g/mol. The number of aryl methyl sites for hydroxylation is 1.